The second-order valence-electron chi connectivity index (χ2n) is 12.6. The molecule has 282 valence electrons. The van der Waals surface area contributed by atoms with Gasteiger partial charge in [0.05, 0.1) is 16.3 Å². The SMILES string of the molecule is O=S(=O)(O)c1ccc(O)c(CN2CCN(Cc3ccc4c(S(=O)(=O)O)ccc(O)c4n3)CCN(Cc3ccc4c(S(=O)(=O)O)ccc(O)c4n3)CC2)c1. The summed E-state index contributed by atoms with van der Waals surface area (Å²) >= 11 is 0. The lowest BCUT2D eigenvalue weighted by atomic mass is 10.1. The van der Waals surface area contributed by atoms with Gasteiger partial charge in [0.15, 0.2) is 0 Å². The smallest absolute Gasteiger partial charge is 0.295 e. The van der Waals surface area contributed by atoms with Crippen LogP contribution in [-0.4, -0.2) is 118 Å². The zero-order valence-electron chi connectivity index (χ0n) is 27.8. The van der Waals surface area contributed by atoms with Crippen molar-refractivity contribution in [1.29, 1.82) is 0 Å². The molecular formula is C33H35N5O12S3. The zero-order valence-corrected chi connectivity index (χ0v) is 30.3. The van der Waals surface area contributed by atoms with Crippen molar-refractivity contribution in [2.75, 3.05) is 39.3 Å². The Morgan fingerprint density at radius 2 is 0.887 bits per heavy atom. The molecule has 53 heavy (non-hydrogen) atoms. The van der Waals surface area contributed by atoms with Crippen molar-refractivity contribution in [1.82, 2.24) is 24.7 Å². The van der Waals surface area contributed by atoms with E-state index in [1.165, 1.54) is 24.3 Å². The normalized spacial score (nSPS) is 16.1. The molecule has 3 heterocycles. The van der Waals surface area contributed by atoms with Crippen molar-refractivity contribution in [3.05, 3.63) is 83.7 Å². The van der Waals surface area contributed by atoms with Gasteiger partial charge in [0.2, 0.25) is 0 Å². The Kier molecular flexibility index (Phi) is 10.6. The van der Waals surface area contributed by atoms with Gasteiger partial charge in [-0.2, -0.15) is 25.3 Å². The van der Waals surface area contributed by atoms with E-state index in [2.05, 4.69) is 19.8 Å². The molecule has 5 aromatic rings. The van der Waals surface area contributed by atoms with Crippen LogP contribution in [0.25, 0.3) is 21.8 Å². The number of fused-ring (bicyclic) bond motifs is 2. The number of rotatable bonds is 9. The molecule has 0 atom stereocenters. The third kappa shape index (κ3) is 8.83. The van der Waals surface area contributed by atoms with Crippen LogP contribution in [0.3, 0.4) is 0 Å². The molecule has 0 spiro atoms. The number of pyridine rings is 2. The first-order valence-corrected chi connectivity index (χ1v) is 20.3. The molecule has 0 unspecified atom stereocenters. The van der Waals surface area contributed by atoms with E-state index in [4.69, 9.17) is 0 Å². The highest BCUT2D eigenvalue weighted by molar-refractivity contribution is 7.86. The average molecular weight is 790 g/mol. The molecule has 0 bridgehead atoms. The van der Waals surface area contributed by atoms with Crippen molar-refractivity contribution in [3.8, 4) is 17.2 Å². The number of phenols is 3. The van der Waals surface area contributed by atoms with Gasteiger partial charge in [-0.3, -0.25) is 28.4 Å². The molecule has 0 amide bonds. The number of nitrogens with zero attached hydrogens (tertiary/aromatic N) is 5. The van der Waals surface area contributed by atoms with Crippen LogP contribution in [0.15, 0.2) is 81.4 Å². The fourth-order valence-electron chi connectivity index (χ4n) is 6.27. The quantitative estimate of drug-likeness (QED) is 0.117. The molecule has 2 aromatic heterocycles. The van der Waals surface area contributed by atoms with Crippen LogP contribution >= 0.6 is 0 Å². The minimum atomic E-state index is -4.60. The molecule has 0 radical (unpaired) electrons. The summed E-state index contributed by atoms with van der Waals surface area (Å²) in [5.74, 6) is -0.721. The predicted molar refractivity (Wildman–Crippen MR) is 190 cm³/mol. The van der Waals surface area contributed by atoms with E-state index in [1.807, 2.05) is 4.90 Å². The molecule has 20 heteroatoms. The highest BCUT2D eigenvalue weighted by atomic mass is 32.2. The van der Waals surface area contributed by atoms with E-state index in [0.29, 0.717) is 50.7 Å². The molecule has 17 nitrogen and oxygen atoms in total. The number of aromatic nitrogens is 2. The fourth-order valence-corrected chi connectivity index (χ4v) is 8.16. The first kappa shape index (κ1) is 38.2. The summed E-state index contributed by atoms with van der Waals surface area (Å²) in [6.45, 7) is 3.30. The largest absolute Gasteiger partial charge is 0.508 e. The zero-order chi connectivity index (χ0) is 38.3. The molecular weight excluding hydrogens is 755 g/mol. The Morgan fingerprint density at radius 3 is 1.28 bits per heavy atom. The third-order valence-corrected chi connectivity index (χ3v) is 11.6. The van der Waals surface area contributed by atoms with E-state index >= 15 is 0 Å². The van der Waals surface area contributed by atoms with Gasteiger partial charge in [0.1, 0.15) is 38.1 Å². The Bertz CT molecular complexity index is 2420. The molecule has 1 aliphatic rings. The van der Waals surface area contributed by atoms with Crippen molar-refractivity contribution in [2.24, 2.45) is 0 Å². The van der Waals surface area contributed by atoms with Gasteiger partial charge in [-0.15, -0.1) is 0 Å². The van der Waals surface area contributed by atoms with E-state index in [9.17, 15) is 54.2 Å². The highest BCUT2D eigenvalue weighted by Crippen LogP contribution is 2.31. The van der Waals surface area contributed by atoms with Crippen molar-refractivity contribution in [2.45, 2.75) is 34.3 Å². The lowest BCUT2D eigenvalue weighted by Crippen LogP contribution is -2.35. The van der Waals surface area contributed by atoms with Crippen LogP contribution in [-0.2, 0) is 50.0 Å². The summed E-state index contributed by atoms with van der Waals surface area (Å²) in [7, 11) is -13.7. The van der Waals surface area contributed by atoms with E-state index < -0.39 is 40.1 Å². The van der Waals surface area contributed by atoms with Gasteiger partial charge in [-0.05, 0) is 66.7 Å². The standard InChI is InChI=1S/C33H35N5O12S3/c39-27-6-3-24(51(42,43)44)17-21(27)18-36-11-13-37(19-22-1-4-25-30(52(45,46)47)9-7-28(40)32(25)34-22)15-16-38(14-12-36)20-23-2-5-26-31(53(48,49)50)10-8-29(41)33(26)35-23/h1-10,17,39-41H,11-16,18-20H2,(H,42,43,44)(H,45,46,47)(H,48,49,50). The van der Waals surface area contributed by atoms with Crippen molar-refractivity contribution in [3.63, 3.8) is 0 Å². The van der Waals surface area contributed by atoms with Gasteiger partial charge in [0.25, 0.3) is 30.4 Å². The highest BCUT2D eigenvalue weighted by Gasteiger charge is 2.23. The molecule has 3 aromatic carbocycles. The summed E-state index contributed by atoms with van der Waals surface area (Å²) in [6, 6.07) is 14.0. The number of aromatic hydroxyl groups is 3. The summed E-state index contributed by atoms with van der Waals surface area (Å²) < 4.78 is 100. The van der Waals surface area contributed by atoms with Crippen LogP contribution < -0.4 is 0 Å². The van der Waals surface area contributed by atoms with Crippen LogP contribution in [0.2, 0.25) is 0 Å². The maximum atomic E-state index is 11.9. The van der Waals surface area contributed by atoms with E-state index in [0.717, 1.165) is 30.3 Å². The second-order valence-corrected chi connectivity index (χ2v) is 16.8. The number of benzene rings is 3. The Hall–Kier alpha value is -4.51. The lowest BCUT2D eigenvalue weighted by Gasteiger charge is -2.26. The Morgan fingerprint density at radius 1 is 0.491 bits per heavy atom. The molecule has 1 aliphatic heterocycles. The van der Waals surface area contributed by atoms with Gasteiger partial charge in [-0.25, -0.2) is 9.97 Å². The van der Waals surface area contributed by atoms with Gasteiger partial charge in [-0.1, -0.05) is 0 Å². The van der Waals surface area contributed by atoms with Gasteiger partial charge >= 0.3 is 0 Å². The maximum Gasteiger partial charge on any atom is 0.295 e. The maximum absolute atomic E-state index is 11.9. The minimum absolute atomic E-state index is 0.0119. The molecule has 6 rings (SSSR count). The second kappa shape index (κ2) is 14.7. The first-order valence-electron chi connectivity index (χ1n) is 16.0. The minimum Gasteiger partial charge on any atom is -0.508 e. The van der Waals surface area contributed by atoms with Crippen molar-refractivity contribution < 1.29 is 54.2 Å². The van der Waals surface area contributed by atoms with Crippen LogP contribution in [0.1, 0.15) is 17.0 Å². The molecule has 1 saturated heterocycles. The molecule has 6 N–H and O–H groups in total. The Balaban J connectivity index is 1.30. The van der Waals surface area contributed by atoms with Crippen LogP contribution in [0, 0.1) is 0 Å². The Labute approximate surface area is 304 Å². The summed E-state index contributed by atoms with van der Waals surface area (Å²) in [5.41, 5.74) is 1.21. The van der Waals surface area contributed by atoms with Crippen molar-refractivity contribution >= 4 is 52.2 Å². The lowest BCUT2D eigenvalue weighted by molar-refractivity contribution is 0.207. The summed E-state index contributed by atoms with van der Waals surface area (Å²) in [6.07, 6.45) is 0. The van der Waals surface area contributed by atoms with Crippen LogP contribution in [0.5, 0.6) is 17.2 Å². The average Bonchev–Trinajstić information content (AvgIpc) is 3.16. The number of hydrogen-bond acceptors (Lipinski definition) is 14. The van der Waals surface area contributed by atoms with Gasteiger partial charge in [0, 0.05) is 75.2 Å². The summed E-state index contributed by atoms with van der Waals surface area (Å²) in [4.78, 5) is 13.9. The molecule has 0 saturated carbocycles. The van der Waals surface area contributed by atoms with Crippen LogP contribution in [0.4, 0.5) is 0 Å². The number of hydrogen-bond donors (Lipinski definition) is 6. The third-order valence-electron chi connectivity index (χ3n) is 8.97. The predicted octanol–water partition coefficient (Wildman–Crippen LogP) is 2.46. The number of phenolic OH excluding ortho intramolecular Hbond substituents is 3. The monoisotopic (exact) mass is 789 g/mol. The fraction of sp³-hybridized carbons (Fsp3) is 0.273. The van der Waals surface area contributed by atoms with E-state index in [1.54, 1.807) is 12.1 Å². The van der Waals surface area contributed by atoms with E-state index in [-0.39, 0.29) is 69.1 Å². The first-order chi connectivity index (χ1) is 24.9. The topological polar surface area (TPSA) is 259 Å². The molecule has 1 fully saturated rings. The molecule has 0 aliphatic carbocycles. The summed E-state index contributed by atoms with van der Waals surface area (Å²) in [5, 5.41) is 31.6. The van der Waals surface area contributed by atoms with Gasteiger partial charge < -0.3 is 15.3 Å².